The Kier molecular flexibility index (Phi) is 6.39. The van der Waals surface area contributed by atoms with Crippen LogP contribution in [0.4, 0.5) is 5.69 Å². The van der Waals surface area contributed by atoms with Crippen molar-refractivity contribution in [2.24, 2.45) is 0 Å². The minimum absolute atomic E-state index is 0.0452. The summed E-state index contributed by atoms with van der Waals surface area (Å²) in [5.74, 6) is -0.0737. The van der Waals surface area contributed by atoms with Crippen LogP contribution in [0.5, 0.6) is 0 Å². The molecule has 0 unspecified atom stereocenters. The number of nitrogens with zero attached hydrogens (tertiary/aromatic N) is 2. The minimum Gasteiger partial charge on any atom is -0.336 e. The standard InChI is InChI=1S/C22H25N3O2/c1-18(26)23-21-11-9-20(10-12-21)22(27)25-16-14-24(15-17-25)13-5-8-19-6-3-2-4-7-19/h2-12H,13-17H2,1H3,(H,23,26)/b8-5+. The number of carbonyl (C=O) groups excluding carboxylic acids is 2. The fourth-order valence-electron chi connectivity index (χ4n) is 3.12. The van der Waals surface area contributed by atoms with Crippen LogP contribution in [0.15, 0.2) is 60.7 Å². The summed E-state index contributed by atoms with van der Waals surface area (Å²) in [6, 6.07) is 17.3. The monoisotopic (exact) mass is 363 g/mol. The van der Waals surface area contributed by atoms with Crippen LogP contribution in [0, 0.1) is 0 Å². The molecule has 2 aromatic rings. The first-order valence-electron chi connectivity index (χ1n) is 9.23. The molecule has 3 rings (SSSR count). The van der Waals surface area contributed by atoms with Gasteiger partial charge < -0.3 is 10.2 Å². The number of nitrogens with one attached hydrogen (secondary N) is 1. The number of rotatable bonds is 5. The van der Waals surface area contributed by atoms with Crippen LogP contribution in [0.25, 0.3) is 6.08 Å². The summed E-state index contributed by atoms with van der Waals surface area (Å²) in [4.78, 5) is 28.0. The zero-order chi connectivity index (χ0) is 19.1. The molecule has 1 aliphatic heterocycles. The van der Waals surface area contributed by atoms with Crippen molar-refractivity contribution >= 4 is 23.6 Å². The van der Waals surface area contributed by atoms with E-state index in [9.17, 15) is 9.59 Å². The van der Waals surface area contributed by atoms with Gasteiger partial charge in [0.05, 0.1) is 0 Å². The third-order valence-electron chi connectivity index (χ3n) is 4.59. The Bertz CT molecular complexity index is 792. The van der Waals surface area contributed by atoms with Gasteiger partial charge in [-0.05, 0) is 29.8 Å². The van der Waals surface area contributed by atoms with Crippen molar-refractivity contribution in [3.63, 3.8) is 0 Å². The van der Waals surface area contributed by atoms with E-state index in [0.29, 0.717) is 11.3 Å². The topological polar surface area (TPSA) is 52.7 Å². The normalized spacial score (nSPS) is 15.1. The first-order valence-corrected chi connectivity index (χ1v) is 9.23. The van der Waals surface area contributed by atoms with Crippen LogP contribution >= 0.6 is 0 Å². The van der Waals surface area contributed by atoms with E-state index in [1.54, 1.807) is 24.3 Å². The lowest BCUT2D eigenvalue weighted by molar-refractivity contribution is -0.114. The maximum absolute atomic E-state index is 12.6. The van der Waals surface area contributed by atoms with Crippen LogP contribution in [-0.2, 0) is 4.79 Å². The maximum Gasteiger partial charge on any atom is 0.253 e. The van der Waals surface area contributed by atoms with E-state index in [2.05, 4.69) is 34.5 Å². The van der Waals surface area contributed by atoms with Gasteiger partial charge in [-0.1, -0.05) is 42.5 Å². The molecule has 2 amide bonds. The molecule has 0 spiro atoms. The molecule has 0 radical (unpaired) electrons. The molecule has 0 aromatic heterocycles. The summed E-state index contributed by atoms with van der Waals surface area (Å²) in [5.41, 5.74) is 2.56. The van der Waals surface area contributed by atoms with Gasteiger partial charge in [-0.2, -0.15) is 0 Å². The Morgan fingerprint density at radius 3 is 2.26 bits per heavy atom. The van der Waals surface area contributed by atoms with Crippen LogP contribution in [0.3, 0.4) is 0 Å². The zero-order valence-corrected chi connectivity index (χ0v) is 15.6. The van der Waals surface area contributed by atoms with Gasteiger partial charge in [0, 0.05) is 50.9 Å². The van der Waals surface area contributed by atoms with Crippen molar-refractivity contribution < 1.29 is 9.59 Å². The molecule has 1 aliphatic rings. The molecule has 5 heteroatoms. The Labute approximate surface area is 160 Å². The van der Waals surface area contributed by atoms with Gasteiger partial charge >= 0.3 is 0 Å². The van der Waals surface area contributed by atoms with Crippen molar-refractivity contribution in [2.75, 3.05) is 38.0 Å². The molecule has 0 atom stereocenters. The van der Waals surface area contributed by atoms with Crippen LogP contribution in [0.2, 0.25) is 0 Å². The quantitative estimate of drug-likeness (QED) is 0.888. The lowest BCUT2D eigenvalue weighted by Crippen LogP contribution is -2.48. The van der Waals surface area contributed by atoms with E-state index < -0.39 is 0 Å². The second kappa shape index (κ2) is 9.14. The van der Waals surface area contributed by atoms with E-state index in [4.69, 9.17) is 0 Å². The lowest BCUT2D eigenvalue weighted by Gasteiger charge is -2.34. The molecule has 0 bridgehead atoms. The first kappa shape index (κ1) is 18.9. The van der Waals surface area contributed by atoms with Crippen molar-refractivity contribution in [1.82, 2.24) is 9.80 Å². The molecule has 0 saturated carbocycles. The third-order valence-corrected chi connectivity index (χ3v) is 4.59. The van der Waals surface area contributed by atoms with Crippen molar-refractivity contribution in [2.45, 2.75) is 6.92 Å². The highest BCUT2D eigenvalue weighted by molar-refractivity contribution is 5.95. The summed E-state index contributed by atoms with van der Waals surface area (Å²) >= 11 is 0. The predicted molar refractivity (Wildman–Crippen MR) is 109 cm³/mol. The SMILES string of the molecule is CC(=O)Nc1ccc(C(=O)N2CCN(C/C=C/c3ccccc3)CC2)cc1. The van der Waals surface area contributed by atoms with Gasteiger partial charge in [0.2, 0.25) is 5.91 Å². The molecule has 1 N–H and O–H groups in total. The molecule has 0 aliphatic carbocycles. The van der Waals surface area contributed by atoms with E-state index in [1.165, 1.54) is 12.5 Å². The summed E-state index contributed by atoms with van der Waals surface area (Å²) < 4.78 is 0. The molecule has 140 valence electrons. The highest BCUT2D eigenvalue weighted by atomic mass is 16.2. The van der Waals surface area contributed by atoms with Crippen LogP contribution < -0.4 is 5.32 Å². The van der Waals surface area contributed by atoms with E-state index in [0.717, 1.165) is 32.7 Å². The second-order valence-corrected chi connectivity index (χ2v) is 6.66. The minimum atomic E-state index is -0.119. The van der Waals surface area contributed by atoms with E-state index in [-0.39, 0.29) is 11.8 Å². The number of anilines is 1. The predicted octanol–water partition coefficient (Wildman–Crippen LogP) is 3.12. The molecule has 27 heavy (non-hydrogen) atoms. The third kappa shape index (κ3) is 5.53. The number of piperazine rings is 1. The highest BCUT2D eigenvalue weighted by Crippen LogP contribution is 2.13. The lowest BCUT2D eigenvalue weighted by atomic mass is 10.1. The van der Waals surface area contributed by atoms with Gasteiger partial charge in [0.25, 0.3) is 5.91 Å². The molecule has 1 heterocycles. The van der Waals surface area contributed by atoms with Crippen molar-refractivity contribution in [3.8, 4) is 0 Å². The number of hydrogen-bond acceptors (Lipinski definition) is 3. The fraction of sp³-hybridized carbons (Fsp3) is 0.273. The molecule has 2 aromatic carbocycles. The summed E-state index contributed by atoms with van der Waals surface area (Å²) in [6.07, 6.45) is 4.31. The summed E-state index contributed by atoms with van der Waals surface area (Å²) in [5, 5.41) is 2.71. The van der Waals surface area contributed by atoms with Crippen LogP contribution in [0.1, 0.15) is 22.8 Å². The zero-order valence-electron chi connectivity index (χ0n) is 15.6. The first-order chi connectivity index (χ1) is 13.1. The number of hydrogen-bond donors (Lipinski definition) is 1. The fourth-order valence-corrected chi connectivity index (χ4v) is 3.12. The molecule has 1 saturated heterocycles. The molecule has 5 nitrogen and oxygen atoms in total. The largest absolute Gasteiger partial charge is 0.336 e. The molecular weight excluding hydrogens is 338 g/mol. The second-order valence-electron chi connectivity index (χ2n) is 6.66. The van der Waals surface area contributed by atoms with Gasteiger partial charge in [0.1, 0.15) is 0 Å². The Hall–Kier alpha value is -2.92. The Balaban J connectivity index is 1.47. The Morgan fingerprint density at radius 1 is 0.963 bits per heavy atom. The summed E-state index contributed by atoms with van der Waals surface area (Å²) in [6.45, 7) is 5.55. The van der Waals surface area contributed by atoms with Crippen molar-refractivity contribution in [3.05, 3.63) is 71.8 Å². The van der Waals surface area contributed by atoms with Crippen LogP contribution in [-0.4, -0.2) is 54.3 Å². The Morgan fingerprint density at radius 2 is 1.63 bits per heavy atom. The average molecular weight is 363 g/mol. The summed E-state index contributed by atoms with van der Waals surface area (Å²) in [7, 11) is 0. The van der Waals surface area contributed by atoms with Gasteiger partial charge in [0.15, 0.2) is 0 Å². The maximum atomic E-state index is 12.6. The number of carbonyl (C=O) groups is 2. The number of benzene rings is 2. The van der Waals surface area contributed by atoms with Crippen molar-refractivity contribution in [1.29, 1.82) is 0 Å². The smallest absolute Gasteiger partial charge is 0.253 e. The van der Waals surface area contributed by atoms with E-state index >= 15 is 0 Å². The van der Waals surface area contributed by atoms with Gasteiger partial charge in [-0.3, -0.25) is 14.5 Å². The molecule has 1 fully saturated rings. The number of amides is 2. The van der Waals surface area contributed by atoms with Gasteiger partial charge in [-0.25, -0.2) is 0 Å². The van der Waals surface area contributed by atoms with Gasteiger partial charge in [-0.15, -0.1) is 0 Å². The highest BCUT2D eigenvalue weighted by Gasteiger charge is 2.21. The van der Waals surface area contributed by atoms with E-state index in [1.807, 2.05) is 23.1 Å². The molecular formula is C22H25N3O2. The average Bonchev–Trinajstić information content (AvgIpc) is 2.69.